The summed E-state index contributed by atoms with van der Waals surface area (Å²) < 4.78 is 5.63. The van der Waals surface area contributed by atoms with Crippen LogP contribution in [0.3, 0.4) is 0 Å². The predicted molar refractivity (Wildman–Crippen MR) is 76.1 cm³/mol. The average molecular weight is 257 g/mol. The summed E-state index contributed by atoms with van der Waals surface area (Å²) in [5.74, 6) is 0.780. The summed E-state index contributed by atoms with van der Waals surface area (Å²) in [6.07, 6.45) is -0.603. The summed E-state index contributed by atoms with van der Waals surface area (Å²) in [5.41, 5.74) is 2.03. The summed E-state index contributed by atoms with van der Waals surface area (Å²) in [6, 6.07) is 17.4. The van der Waals surface area contributed by atoms with Crippen molar-refractivity contribution in [2.24, 2.45) is 0 Å². The summed E-state index contributed by atoms with van der Waals surface area (Å²) in [5, 5.41) is 13.1. The van der Waals surface area contributed by atoms with E-state index < -0.39 is 6.10 Å². The number of aliphatic hydroxyl groups is 1. The lowest BCUT2D eigenvalue weighted by atomic mass is 10.1. The molecule has 3 nitrogen and oxygen atoms in total. The molecule has 1 atom stereocenters. The van der Waals surface area contributed by atoms with Crippen LogP contribution in [0, 0.1) is 0 Å². The van der Waals surface area contributed by atoms with Crippen LogP contribution in [0.4, 0.5) is 0 Å². The van der Waals surface area contributed by atoms with Gasteiger partial charge < -0.3 is 15.2 Å². The van der Waals surface area contributed by atoms with Crippen LogP contribution in [-0.2, 0) is 6.54 Å². The Bertz CT molecular complexity index is 499. The molecule has 2 rings (SSSR count). The van der Waals surface area contributed by atoms with Crippen LogP contribution in [0.25, 0.3) is 0 Å². The zero-order valence-corrected chi connectivity index (χ0v) is 11.0. The Morgan fingerprint density at radius 1 is 1.11 bits per heavy atom. The third-order valence-electron chi connectivity index (χ3n) is 2.87. The minimum atomic E-state index is -0.603. The van der Waals surface area contributed by atoms with Crippen LogP contribution in [0.1, 0.15) is 17.2 Å². The van der Waals surface area contributed by atoms with Crippen LogP contribution < -0.4 is 10.1 Å². The number of rotatable bonds is 6. The lowest BCUT2D eigenvalue weighted by Gasteiger charge is -2.13. The van der Waals surface area contributed by atoms with Gasteiger partial charge in [-0.25, -0.2) is 0 Å². The van der Waals surface area contributed by atoms with E-state index in [1.807, 2.05) is 61.6 Å². The molecule has 1 unspecified atom stereocenters. The molecule has 0 radical (unpaired) electrons. The van der Waals surface area contributed by atoms with Crippen molar-refractivity contribution < 1.29 is 9.84 Å². The molecule has 100 valence electrons. The SMILES string of the molecule is CNCc1cccc(OCC(O)c2ccccc2)c1. The molecule has 0 aromatic heterocycles. The monoisotopic (exact) mass is 257 g/mol. The summed E-state index contributed by atoms with van der Waals surface area (Å²) in [7, 11) is 1.91. The number of aliphatic hydroxyl groups excluding tert-OH is 1. The van der Waals surface area contributed by atoms with Crippen molar-refractivity contribution in [1.29, 1.82) is 0 Å². The third-order valence-corrected chi connectivity index (χ3v) is 2.87. The van der Waals surface area contributed by atoms with Crippen LogP contribution in [-0.4, -0.2) is 18.8 Å². The van der Waals surface area contributed by atoms with Gasteiger partial charge in [-0.1, -0.05) is 42.5 Å². The molecule has 0 spiro atoms. The number of benzene rings is 2. The molecule has 0 bridgehead atoms. The van der Waals surface area contributed by atoms with Gasteiger partial charge in [-0.05, 0) is 30.3 Å². The van der Waals surface area contributed by atoms with Gasteiger partial charge in [-0.3, -0.25) is 0 Å². The Hall–Kier alpha value is -1.84. The Labute approximate surface area is 113 Å². The normalized spacial score (nSPS) is 12.1. The second kappa shape index (κ2) is 6.92. The fraction of sp³-hybridized carbons (Fsp3) is 0.250. The van der Waals surface area contributed by atoms with Crippen molar-refractivity contribution in [3.05, 3.63) is 65.7 Å². The van der Waals surface area contributed by atoms with Crippen molar-refractivity contribution in [3.63, 3.8) is 0 Å². The molecule has 2 N–H and O–H groups in total. The first kappa shape index (κ1) is 13.6. The van der Waals surface area contributed by atoms with Gasteiger partial charge >= 0.3 is 0 Å². The highest BCUT2D eigenvalue weighted by atomic mass is 16.5. The van der Waals surface area contributed by atoms with Crippen LogP contribution in [0.5, 0.6) is 5.75 Å². The molecule has 0 saturated carbocycles. The molecule has 3 heteroatoms. The van der Waals surface area contributed by atoms with Crippen LogP contribution in [0.2, 0.25) is 0 Å². The molecule has 0 amide bonds. The van der Waals surface area contributed by atoms with Gasteiger partial charge in [0, 0.05) is 6.54 Å². The summed E-state index contributed by atoms with van der Waals surface area (Å²) in [4.78, 5) is 0. The fourth-order valence-corrected chi connectivity index (χ4v) is 1.90. The highest BCUT2D eigenvalue weighted by molar-refractivity contribution is 5.28. The van der Waals surface area contributed by atoms with E-state index in [1.165, 1.54) is 0 Å². The Morgan fingerprint density at radius 3 is 2.63 bits per heavy atom. The molecular formula is C16H19NO2. The van der Waals surface area contributed by atoms with Gasteiger partial charge in [-0.2, -0.15) is 0 Å². The Balaban J connectivity index is 1.93. The molecule has 0 aliphatic heterocycles. The highest BCUT2D eigenvalue weighted by Gasteiger charge is 2.07. The molecule has 0 fully saturated rings. The zero-order chi connectivity index (χ0) is 13.5. The maximum absolute atomic E-state index is 10.0. The van der Waals surface area contributed by atoms with Crippen molar-refractivity contribution in [2.45, 2.75) is 12.6 Å². The van der Waals surface area contributed by atoms with Crippen LogP contribution >= 0.6 is 0 Å². The molecular weight excluding hydrogens is 238 g/mol. The highest BCUT2D eigenvalue weighted by Crippen LogP contribution is 2.17. The van der Waals surface area contributed by atoms with E-state index in [4.69, 9.17) is 4.74 Å². The fourth-order valence-electron chi connectivity index (χ4n) is 1.90. The number of hydrogen-bond acceptors (Lipinski definition) is 3. The van der Waals surface area contributed by atoms with Crippen molar-refractivity contribution in [3.8, 4) is 5.75 Å². The predicted octanol–water partition coefficient (Wildman–Crippen LogP) is 2.52. The smallest absolute Gasteiger partial charge is 0.119 e. The van der Waals surface area contributed by atoms with E-state index >= 15 is 0 Å². The Morgan fingerprint density at radius 2 is 1.89 bits per heavy atom. The minimum absolute atomic E-state index is 0.257. The van der Waals surface area contributed by atoms with Crippen molar-refractivity contribution in [2.75, 3.05) is 13.7 Å². The van der Waals surface area contributed by atoms with Crippen LogP contribution in [0.15, 0.2) is 54.6 Å². The summed E-state index contributed by atoms with van der Waals surface area (Å²) >= 11 is 0. The molecule has 0 saturated heterocycles. The lowest BCUT2D eigenvalue weighted by molar-refractivity contribution is 0.108. The standard InChI is InChI=1S/C16H19NO2/c1-17-11-13-6-5-9-15(10-13)19-12-16(18)14-7-3-2-4-8-14/h2-10,16-18H,11-12H2,1H3. The number of nitrogens with one attached hydrogen (secondary N) is 1. The summed E-state index contributed by atoms with van der Waals surface area (Å²) in [6.45, 7) is 1.06. The zero-order valence-electron chi connectivity index (χ0n) is 11.0. The first-order valence-corrected chi connectivity index (χ1v) is 6.39. The second-order valence-electron chi connectivity index (χ2n) is 4.42. The molecule has 19 heavy (non-hydrogen) atoms. The number of hydrogen-bond donors (Lipinski definition) is 2. The van der Waals surface area contributed by atoms with E-state index in [-0.39, 0.29) is 6.61 Å². The first-order chi connectivity index (χ1) is 9.29. The van der Waals surface area contributed by atoms with E-state index in [2.05, 4.69) is 5.32 Å². The molecule has 2 aromatic rings. The second-order valence-corrected chi connectivity index (χ2v) is 4.42. The largest absolute Gasteiger partial charge is 0.491 e. The Kier molecular flexibility index (Phi) is 4.95. The molecule has 0 aliphatic rings. The lowest BCUT2D eigenvalue weighted by Crippen LogP contribution is -2.10. The van der Waals surface area contributed by atoms with E-state index in [0.717, 1.165) is 23.4 Å². The quantitative estimate of drug-likeness (QED) is 0.835. The number of ether oxygens (including phenoxy) is 1. The van der Waals surface area contributed by atoms with Gasteiger partial charge in [0.1, 0.15) is 18.5 Å². The van der Waals surface area contributed by atoms with Crippen molar-refractivity contribution in [1.82, 2.24) is 5.32 Å². The average Bonchev–Trinajstić information content (AvgIpc) is 2.46. The van der Waals surface area contributed by atoms with Gasteiger partial charge in [0.05, 0.1) is 0 Å². The maximum atomic E-state index is 10.0. The van der Waals surface area contributed by atoms with E-state index in [1.54, 1.807) is 0 Å². The van der Waals surface area contributed by atoms with Gasteiger partial charge in [-0.15, -0.1) is 0 Å². The third kappa shape index (κ3) is 4.09. The molecule has 0 aliphatic carbocycles. The van der Waals surface area contributed by atoms with E-state index in [0.29, 0.717) is 0 Å². The topological polar surface area (TPSA) is 41.5 Å². The minimum Gasteiger partial charge on any atom is -0.491 e. The van der Waals surface area contributed by atoms with Gasteiger partial charge in [0.2, 0.25) is 0 Å². The molecule has 2 aromatic carbocycles. The molecule has 0 heterocycles. The van der Waals surface area contributed by atoms with Crippen molar-refractivity contribution >= 4 is 0 Å². The van der Waals surface area contributed by atoms with Gasteiger partial charge in [0.25, 0.3) is 0 Å². The van der Waals surface area contributed by atoms with E-state index in [9.17, 15) is 5.11 Å². The maximum Gasteiger partial charge on any atom is 0.119 e. The van der Waals surface area contributed by atoms with Gasteiger partial charge in [0.15, 0.2) is 0 Å². The first-order valence-electron chi connectivity index (χ1n) is 6.39.